The molecule has 2 rings (SSSR count). The van der Waals surface area contributed by atoms with Crippen LogP contribution in [0.1, 0.15) is 27.2 Å². The highest BCUT2D eigenvalue weighted by Gasteiger charge is 2.37. The van der Waals surface area contributed by atoms with Gasteiger partial charge in [0.15, 0.2) is 9.84 Å². The zero-order chi connectivity index (χ0) is 14.1. The zero-order valence-corrected chi connectivity index (χ0v) is 12.5. The Bertz CT molecular complexity index is 556. The van der Waals surface area contributed by atoms with Crippen molar-refractivity contribution in [3.63, 3.8) is 0 Å². The second kappa shape index (κ2) is 5.13. The lowest BCUT2D eigenvalue weighted by Gasteiger charge is -2.31. The summed E-state index contributed by atoms with van der Waals surface area (Å²) in [4.78, 5) is 0.373. The number of para-hydroxylation sites is 1. The lowest BCUT2D eigenvalue weighted by molar-refractivity contribution is 0.105. The predicted molar refractivity (Wildman–Crippen MR) is 76.2 cm³/mol. The molecule has 1 N–H and O–H groups in total. The van der Waals surface area contributed by atoms with E-state index in [1.165, 1.54) is 0 Å². The first-order chi connectivity index (χ1) is 8.89. The Hall–Kier alpha value is -1.07. The van der Waals surface area contributed by atoms with Crippen LogP contribution in [0.2, 0.25) is 0 Å². The van der Waals surface area contributed by atoms with Crippen molar-refractivity contribution in [3.05, 3.63) is 24.3 Å². The largest absolute Gasteiger partial charge is 0.376 e. The summed E-state index contributed by atoms with van der Waals surface area (Å²) < 4.78 is 29.8. The van der Waals surface area contributed by atoms with Crippen molar-refractivity contribution in [1.29, 1.82) is 0 Å². The van der Waals surface area contributed by atoms with Crippen LogP contribution in [0.3, 0.4) is 0 Å². The Morgan fingerprint density at radius 2 is 2.11 bits per heavy atom. The van der Waals surface area contributed by atoms with E-state index in [-0.39, 0.29) is 17.4 Å². The molecule has 5 heteroatoms. The third-order valence-electron chi connectivity index (χ3n) is 3.91. The molecule has 0 radical (unpaired) electrons. The number of hydrogen-bond acceptors (Lipinski definition) is 4. The quantitative estimate of drug-likeness (QED) is 0.922. The summed E-state index contributed by atoms with van der Waals surface area (Å²) in [6.45, 7) is 6.44. The molecule has 2 atom stereocenters. The lowest BCUT2D eigenvalue weighted by Crippen LogP contribution is -2.41. The van der Waals surface area contributed by atoms with Gasteiger partial charge in [-0.2, -0.15) is 0 Å². The van der Waals surface area contributed by atoms with Gasteiger partial charge in [0.05, 0.1) is 28.0 Å². The average Bonchev–Trinajstić information content (AvgIpc) is 2.70. The molecule has 0 amide bonds. The van der Waals surface area contributed by atoms with Crippen LogP contribution in [0.4, 0.5) is 5.69 Å². The maximum absolute atomic E-state index is 12.1. The van der Waals surface area contributed by atoms with Crippen LogP contribution < -0.4 is 5.32 Å². The zero-order valence-electron chi connectivity index (χ0n) is 11.6. The second-order valence-electron chi connectivity index (χ2n) is 5.21. The van der Waals surface area contributed by atoms with Crippen molar-refractivity contribution in [1.82, 2.24) is 0 Å². The molecule has 1 aliphatic heterocycles. The number of nitrogens with one attached hydrogen (secondary N) is 1. The van der Waals surface area contributed by atoms with E-state index in [9.17, 15) is 8.42 Å². The summed E-state index contributed by atoms with van der Waals surface area (Å²) >= 11 is 0. The molecule has 1 aliphatic rings. The Morgan fingerprint density at radius 1 is 1.42 bits per heavy atom. The summed E-state index contributed by atoms with van der Waals surface area (Å²) in [5, 5.41) is 3.37. The highest BCUT2D eigenvalue weighted by Crippen LogP contribution is 2.32. The molecule has 0 bridgehead atoms. The molecular formula is C14H21NO3S. The maximum atomic E-state index is 12.1. The monoisotopic (exact) mass is 283 g/mol. The molecule has 2 unspecified atom stereocenters. The molecule has 0 aliphatic carbocycles. The number of hydrogen-bond donors (Lipinski definition) is 1. The number of benzene rings is 1. The van der Waals surface area contributed by atoms with Crippen LogP contribution >= 0.6 is 0 Å². The fraction of sp³-hybridized carbons (Fsp3) is 0.571. The van der Waals surface area contributed by atoms with Crippen molar-refractivity contribution < 1.29 is 13.2 Å². The second-order valence-corrected chi connectivity index (χ2v) is 7.45. The van der Waals surface area contributed by atoms with E-state index in [0.29, 0.717) is 17.2 Å². The molecular weight excluding hydrogens is 262 g/mol. The van der Waals surface area contributed by atoms with Gasteiger partial charge in [0, 0.05) is 6.61 Å². The van der Waals surface area contributed by atoms with E-state index in [1.54, 1.807) is 19.1 Å². The Balaban J connectivity index is 2.36. The third-order valence-corrected chi connectivity index (χ3v) is 5.70. The van der Waals surface area contributed by atoms with Crippen LogP contribution in [0.25, 0.3) is 0 Å². The van der Waals surface area contributed by atoms with Gasteiger partial charge in [0.2, 0.25) is 0 Å². The minimum absolute atomic E-state index is 0.0601. The molecule has 106 valence electrons. The molecule has 1 fully saturated rings. The third kappa shape index (κ3) is 2.77. The summed E-state index contributed by atoms with van der Waals surface area (Å²) in [5.41, 5.74) is 0.448. The lowest BCUT2D eigenvalue weighted by atomic mass is 9.94. The van der Waals surface area contributed by atoms with Gasteiger partial charge >= 0.3 is 0 Å². The normalized spacial score (nSPS) is 27.4. The summed E-state index contributed by atoms with van der Waals surface area (Å²) in [5.74, 6) is 0.106. The van der Waals surface area contributed by atoms with E-state index in [1.807, 2.05) is 19.1 Å². The first-order valence-corrected chi connectivity index (χ1v) is 8.26. The van der Waals surface area contributed by atoms with E-state index >= 15 is 0 Å². The fourth-order valence-electron chi connectivity index (χ4n) is 2.30. The molecule has 0 aromatic heterocycles. The van der Waals surface area contributed by atoms with E-state index in [4.69, 9.17) is 4.74 Å². The van der Waals surface area contributed by atoms with Crippen LogP contribution in [0.5, 0.6) is 0 Å². The Labute approximate surface area is 115 Å². The summed E-state index contributed by atoms with van der Waals surface area (Å²) in [7, 11) is -3.22. The molecule has 1 aromatic rings. The van der Waals surface area contributed by atoms with E-state index < -0.39 is 9.84 Å². The van der Waals surface area contributed by atoms with E-state index in [2.05, 4.69) is 12.2 Å². The van der Waals surface area contributed by atoms with Crippen molar-refractivity contribution >= 4 is 15.5 Å². The van der Waals surface area contributed by atoms with Crippen LogP contribution in [0, 0.1) is 0 Å². The van der Waals surface area contributed by atoms with Gasteiger partial charge in [-0.05, 0) is 32.4 Å². The van der Waals surface area contributed by atoms with Crippen LogP contribution in [0.15, 0.2) is 29.2 Å². The topological polar surface area (TPSA) is 55.4 Å². The minimum atomic E-state index is -3.22. The molecule has 19 heavy (non-hydrogen) atoms. The molecule has 1 heterocycles. The Kier molecular flexibility index (Phi) is 3.87. The predicted octanol–water partition coefficient (Wildman–Crippen LogP) is 2.46. The number of rotatable bonds is 4. The van der Waals surface area contributed by atoms with Crippen molar-refractivity contribution in [2.45, 2.75) is 43.7 Å². The smallest absolute Gasteiger partial charge is 0.180 e. The first-order valence-electron chi connectivity index (χ1n) is 6.60. The van der Waals surface area contributed by atoms with Crippen LogP contribution in [-0.2, 0) is 14.6 Å². The van der Waals surface area contributed by atoms with E-state index in [0.717, 1.165) is 6.42 Å². The first kappa shape index (κ1) is 14.3. The SMILES string of the molecule is CCS(=O)(=O)c1ccccc1NC1(C)CCOC1C. The number of sulfone groups is 1. The molecule has 1 aromatic carbocycles. The van der Waals surface area contributed by atoms with Gasteiger partial charge in [-0.15, -0.1) is 0 Å². The molecule has 4 nitrogen and oxygen atoms in total. The van der Waals surface area contributed by atoms with Crippen LogP contribution in [-0.4, -0.2) is 32.4 Å². The van der Waals surface area contributed by atoms with Gasteiger partial charge in [-0.3, -0.25) is 0 Å². The van der Waals surface area contributed by atoms with Crippen molar-refractivity contribution in [2.24, 2.45) is 0 Å². The van der Waals surface area contributed by atoms with Gasteiger partial charge in [0.1, 0.15) is 0 Å². The highest BCUT2D eigenvalue weighted by atomic mass is 32.2. The minimum Gasteiger partial charge on any atom is -0.376 e. The Morgan fingerprint density at radius 3 is 2.68 bits per heavy atom. The van der Waals surface area contributed by atoms with Gasteiger partial charge in [-0.1, -0.05) is 19.1 Å². The maximum Gasteiger partial charge on any atom is 0.180 e. The summed E-state index contributed by atoms with van der Waals surface area (Å²) in [6.07, 6.45) is 0.930. The van der Waals surface area contributed by atoms with Gasteiger partial charge in [0.25, 0.3) is 0 Å². The van der Waals surface area contributed by atoms with Crippen molar-refractivity contribution in [3.8, 4) is 0 Å². The van der Waals surface area contributed by atoms with Gasteiger partial charge in [-0.25, -0.2) is 8.42 Å². The highest BCUT2D eigenvalue weighted by molar-refractivity contribution is 7.91. The number of ether oxygens (including phenoxy) is 1. The molecule has 0 spiro atoms. The molecule has 1 saturated heterocycles. The van der Waals surface area contributed by atoms with Crippen molar-refractivity contribution in [2.75, 3.05) is 17.7 Å². The fourth-order valence-corrected chi connectivity index (χ4v) is 3.35. The standard InChI is InChI=1S/C14H21NO3S/c1-4-19(16,17)13-8-6-5-7-12(13)15-14(3)9-10-18-11(14)2/h5-8,11,15H,4,9-10H2,1-3H3. The number of anilines is 1. The average molecular weight is 283 g/mol. The molecule has 0 saturated carbocycles. The summed E-state index contributed by atoms with van der Waals surface area (Å²) in [6, 6.07) is 7.08. The van der Waals surface area contributed by atoms with Gasteiger partial charge < -0.3 is 10.1 Å².